The summed E-state index contributed by atoms with van der Waals surface area (Å²) in [5.74, 6) is -0.351. The van der Waals surface area contributed by atoms with Crippen molar-refractivity contribution in [3.05, 3.63) is 67.0 Å². The number of carboxylic acids is 1. The third-order valence-electron chi connectivity index (χ3n) is 7.68. The number of amides is 1. The van der Waals surface area contributed by atoms with Crippen molar-refractivity contribution < 1.29 is 28.0 Å². The minimum Gasteiger partial charge on any atom is -0.480 e. The molecule has 1 amide bonds. The maximum atomic E-state index is 13.6. The Bertz CT molecular complexity index is 1490. The van der Waals surface area contributed by atoms with E-state index in [1.54, 1.807) is 54.9 Å². The molecule has 1 saturated carbocycles. The summed E-state index contributed by atoms with van der Waals surface area (Å²) >= 11 is 0. The molecule has 1 aliphatic heterocycles. The molecule has 1 spiro atoms. The number of anilines is 1. The summed E-state index contributed by atoms with van der Waals surface area (Å²) in [6, 6.07) is 12.3. The minimum atomic E-state index is -4.34. The number of carboxylic acid groups (broad SMARTS) is 1. The molecule has 12 nitrogen and oxygen atoms in total. The van der Waals surface area contributed by atoms with Gasteiger partial charge in [-0.3, -0.25) is 9.59 Å². The first-order valence-corrected chi connectivity index (χ1v) is 14.9. The zero-order valence-corrected chi connectivity index (χ0v) is 23.0. The van der Waals surface area contributed by atoms with Crippen molar-refractivity contribution in [2.24, 2.45) is 11.1 Å². The number of H-pyrrole nitrogens is 1. The van der Waals surface area contributed by atoms with Crippen molar-refractivity contribution >= 4 is 34.1 Å². The fourth-order valence-electron chi connectivity index (χ4n) is 5.50. The maximum Gasteiger partial charge on any atom is 0.324 e. The number of hydrogen-bond donors (Lipinski definition) is 5. The second-order valence-corrected chi connectivity index (χ2v) is 12.0. The Kier molecular flexibility index (Phi) is 8.36. The third-order valence-corrected chi connectivity index (χ3v) is 9.18. The highest BCUT2D eigenvalue weighted by molar-refractivity contribution is 7.89. The van der Waals surface area contributed by atoms with E-state index >= 15 is 0 Å². The van der Waals surface area contributed by atoms with E-state index in [2.05, 4.69) is 30.5 Å². The molecule has 41 heavy (non-hydrogen) atoms. The largest absolute Gasteiger partial charge is 0.480 e. The number of benzene rings is 2. The summed E-state index contributed by atoms with van der Waals surface area (Å²) in [5.41, 5.74) is 0.730. The van der Waals surface area contributed by atoms with Gasteiger partial charge in [-0.15, -0.1) is 0 Å². The first kappa shape index (κ1) is 28.3. The molecule has 2 heterocycles. The van der Waals surface area contributed by atoms with E-state index in [4.69, 9.17) is 4.84 Å². The molecular formula is C28H32N6O6S. The molecule has 0 saturated heterocycles. The number of aliphatic carboxylic acids is 1. The van der Waals surface area contributed by atoms with Crippen molar-refractivity contribution in [2.75, 3.05) is 11.9 Å². The molecule has 2 aliphatic rings. The van der Waals surface area contributed by atoms with Gasteiger partial charge in [0, 0.05) is 30.9 Å². The average molecular weight is 581 g/mol. The molecule has 2 aromatic carbocycles. The van der Waals surface area contributed by atoms with E-state index in [0.717, 1.165) is 19.4 Å². The Morgan fingerprint density at radius 3 is 2.56 bits per heavy atom. The van der Waals surface area contributed by atoms with E-state index in [-0.39, 0.29) is 17.0 Å². The van der Waals surface area contributed by atoms with Crippen molar-refractivity contribution in [3.8, 4) is 11.1 Å². The predicted octanol–water partition coefficient (Wildman–Crippen LogP) is 2.74. The number of sulfonamides is 1. The quantitative estimate of drug-likeness (QED) is 0.203. The lowest BCUT2D eigenvalue weighted by Gasteiger charge is -2.35. The highest BCUT2D eigenvalue weighted by Gasteiger charge is 2.47. The molecule has 2 atom stereocenters. The molecule has 1 fully saturated rings. The van der Waals surface area contributed by atoms with Gasteiger partial charge in [-0.25, -0.2) is 13.4 Å². The Labute approximate surface area is 237 Å². The number of nitrogens with one attached hydrogen (secondary N) is 4. The molecule has 1 unspecified atom stereocenters. The Morgan fingerprint density at radius 2 is 1.88 bits per heavy atom. The number of imidazole rings is 1. The van der Waals surface area contributed by atoms with Crippen LogP contribution in [0.2, 0.25) is 0 Å². The summed E-state index contributed by atoms with van der Waals surface area (Å²) in [7, 11) is -4.34. The van der Waals surface area contributed by atoms with Crippen LogP contribution in [0.25, 0.3) is 11.1 Å². The highest BCUT2D eigenvalue weighted by atomic mass is 32.2. The van der Waals surface area contributed by atoms with E-state index in [9.17, 15) is 23.1 Å². The lowest BCUT2D eigenvalue weighted by Crippen LogP contribution is -2.57. The van der Waals surface area contributed by atoms with Crippen LogP contribution in [0.1, 0.15) is 32.1 Å². The van der Waals surface area contributed by atoms with Crippen molar-refractivity contribution in [2.45, 2.75) is 54.7 Å². The lowest BCUT2D eigenvalue weighted by atomic mass is 9.75. The second kappa shape index (κ2) is 12.1. The van der Waals surface area contributed by atoms with Crippen LogP contribution in [0.15, 0.2) is 77.0 Å². The standard InChI is InChI=1S/C28H32N6O6S/c35-18-32-24(22-16-28(40-33-22)12-10-19(11-13-28)17-31-27-29-14-15-30-27)25(26(36)37)34-41(38,39)23-9-5-4-8-21(23)20-6-2-1-3-7-20/h1-9,14-15,18-19,24-25,34H,10-13,16-17H2,(H,32,35)(H,36,37)(H2,29,30,31)/t19?,24?,25-,28?/m0/s1. The summed E-state index contributed by atoms with van der Waals surface area (Å²) < 4.78 is 29.4. The van der Waals surface area contributed by atoms with E-state index in [1.807, 2.05) is 6.07 Å². The normalized spacial score (nSPS) is 21.9. The molecule has 5 N–H and O–H groups in total. The summed E-state index contributed by atoms with van der Waals surface area (Å²) in [6.45, 7) is 0.750. The topological polar surface area (TPSA) is 175 Å². The van der Waals surface area contributed by atoms with Crippen molar-refractivity contribution in [1.29, 1.82) is 0 Å². The summed E-state index contributed by atoms with van der Waals surface area (Å²) in [4.78, 5) is 37.0. The molecule has 216 valence electrons. The van der Waals surface area contributed by atoms with Crippen molar-refractivity contribution in [1.82, 2.24) is 20.0 Å². The third kappa shape index (κ3) is 6.41. The molecule has 1 aliphatic carbocycles. The number of carbonyl (C=O) groups excluding carboxylic acids is 1. The van der Waals surface area contributed by atoms with E-state index < -0.39 is 33.7 Å². The Balaban J connectivity index is 1.30. The molecule has 3 aromatic rings. The molecule has 1 aromatic heterocycles. The SMILES string of the molecule is O=CNC(C1=NOC2(CCC(CNc3ncc[nH]3)CC2)C1)[C@H](NS(=O)(=O)c1ccccc1-c1ccccc1)C(=O)O. The fourth-order valence-corrected chi connectivity index (χ4v) is 6.93. The van der Waals surface area contributed by atoms with Crippen molar-refractivity contribution in [3.63, 3.8) is 0 Å². The molecule has 0 bridgehead atoms. The van der Waals surface area contributed by atoms with Gasteiger partial charge in [0.1, 0.15) is 11.6 Å². The Hall–Kier alpha value is -4.23. The molecular weight excluding hydrogens is 548 g/mol. The van der Waals surface area contributed by atoms with E-state index in [0.29, 0.717) is 42.2 Å². The number of carbonyl (C=O) groups is 2. The van der Waals surface area contributed by atoms with Crippen LogP contribution in [0.3, 0.4) is 0 Å². The number of aromatic amines is 1. The summed E-state index contributed by atoms with van der Waals surface area (Å²) in [6.07, 6.45) is 7.14. The Morgan fingerprint density at radius 1 is 1.15 bits per heavy atom. The first-order chi connectivity index (χ1) is 19.8. The van der Waals surface area contributed by atoms with Gasteiger partial charge in [0.25, 0.3) is 0 Å². The van der Waals surface area contributed by atoms with Crippen LogP contribution in [-0.2, 0) is 24.4 Å². The number of hydrogen-bond acceptors (Lipinski definition) is 8. The number of rotatable bonds is 12. The van der Waals surface area contributed by atoms with Crippen LogP contribution < -0.4 is 15.4 Å². The molecule has 0 radical (unpaired) electrons. The van der Waals surface area contributed by atoms with Gasteiger partial charge in [0.05, 0.1) is 16.6 Å². The van der Waals surface area contributed by atoms with Gasteiger partial charge in [-0.05, 0) is 43.2 Å². The predicted molar refractivity (Wildman–Crippen MR) is 152 cm³/mol. The zero-order chi connectivity index (χ0) is 28.9. The molecule has 5 rings (SSSR count). The maximum absolute atomic E-state index is 13.6. The minimum absolute atomic E-state index is 0.0788. The monoisotopic (exact) mass is 580 g/mol. The second-order valence-electron chi connectivity index (χ2n) is 10.4. The van der Waals surface area contributed by atoms with Gasteiger partial charge in [-0.1, -0.05) is 53.7 Å². The van der Waals surface area contributed by atoms with E-state index in [1.165, 1.54) is 6.07 Å². The van der Waals surface area contributed by atoms with Gasteiger partial charge >= 0.3 is 5.97 Å². The van der Waals surface area contributed by atoms with Gasteiger partial charge in [-0.2, -0.15) is 4.72 Å². The zero-order valence-electron chi connectivity index (χ0n) is 22.2. The number of oxime groups is 1. The van der Waals surface area contributed by atoms with Crippen LogP contribution in [0.4, 0.5) is 5.95 Å². The van der Waals surface area contributed by atoms with Gasteiger partial charge in [0.15, 0.2) is 5.95 Å². The average Bonchev–Trinajstić information content (AvgIpc) is 3.66. The molecule has 13 heteroatoms. The van der Waals surface area contributed by atoms with Crippen LogP contribution in [-0.4, -0.2) is 65.8 Å². The number of aromatic nitrogens is 2. The van der Waals surface area contributed by atoms with Crippen LogP contribution >= 0.6 is 0 Å². The van der Waals surface area contributed by atoms with Crippen LogP contribution in [0, 0.1) is 5.92 Å². The van der Waals surface area contributed by atoms with Gasteiger partial charge < -0.3 is 25.6 Å². The lowest BCUT2D eigenvalue weighted by molar-refractivity contribution is -0.139. The highest BCUT2D eigenvalue weighted by Crippen LogP contribution is 2.41. The smallest absolute Gasteiger partial charge is 0.324 e. The number of nitrogens with zero attached hydrogens (tertiary/aromatic N) is 2. The fraction of sp³-hybridized carbons (Fsp3) is 0.357. The summed E-state index contributed by atoms with van der Waals surface area (Å²) in [5, 5.41) is 20.0. The van der Waals surface area contributed by atoms with Crippen LogP contribution in [0.5, 0.6) is 0 Å². The van der Waals surface area contributed by atoms with Gasteiger partial charge in [0.2, 0.25) is 16.4 Å². The first-order valence-electron chi connectivity index (χ1n) is 13.4.